The second-order valence-corrected chi connectivity index (χ2v) is 3.08. The average Bonchev–Trinajstić information content (AvgIpc) is 2.46. The molecule has 2 rings (SSSR count). The third kappa shape index (κ3) is 1.01. The first-order valence-electron chi connectivity index (χ1n) is 3.06. The van der Waals surface area contributed by atoms with Gasteiger partial charge >= 0.3 is 0 Å². The first-order chi connectivity index (χ1) is 5.40. The molecule has 2 aromatic heterocycles. The Morgan fingerprint density at radius 2 is 2.45 bits per heavy atom. The third-order valence-electron chi connectivity index (χ3n) is 1.31. The number of fused-ring (bicyclic) bond motifs is 1. The highest BCUT2D eigenvalue weighted by Crippen LogP contribution is 2.18. The van der Waals surface area contributed by atoms with E-state index in [4.69, 9.17) is 0 Å². The van der Waals surface area contributed by atoms with Gasteiger partial charge in [-0.05, 0) is 6.07 Å². The average molecular weight is 164 g/mol. The molecule has 3 nitrogen and oxygen atoms in total. The maximum atomic E-state index is 10.3. The van der Waals surface area contributed by atoms with E-state index in [1.165, 1.54) is 11.3 Å². The lowest BCUT2D eigenvalue weighted by Crippen LogP contribution is -1.73. The van der Waals surface area contributed by atoms with Crippen LogP contribution in [0.4, 0.5) is 0 Å². The maximum Gasteiger partial charge on any atom is 0.178 e. The van der Waals surface area contributed by atoms with E-state index in [9.17, 15) is 4.79 Å². The van der Waals surface area contributed by atoms with Crippen LogP contribution in [0.3, 0.4) is 0 Å². The van der Waals surface area contributed by atoms with Crippen LogP contribution in [0.1, 0.15) is 9.80 Å². The quantitative estimate of drug-likeness (QED) is 0.600. The van der Waals surface area contributed by atoms with E-state index in [1.807, 2.05) is 6.07 Å². The Kier molecular flexibility index (Phi) is 1.40. The number of aldehydes is 1. The largest absolute Gasteiger partial charge is 0.295 e. The van der Waals surface area contributed by atoms with Gasteiger partial charge in [0, 0.05) is 6.20 Å². The van der Waals surface area contributed by atoms with Gasteiger partial charge in [0.2, 0.25) is 0 Å². The van der Waals surface area contributed by atoms with Crippen molar-refractivity contribution in [1.29, 1.82) is 0 Å². The van der Waals surface area contributed by atoms with Crippen LogP contribution in [-0.4, -0.2) is 16.3 Å². The second kappa shape index (κ2) is 2.39. The van der Waals surface area contributed by atoms with E-state index in [0.29, 0.717) is 5.01 Å². The molecule has 0 amide bonds. The molecular formula is C7H4N2OS. The molecule has 0 N–H and O–H groups in total. The van der Waals surface area contributed by atoms with Crippen LogP contribution in [0, 0.1) is 0 Å². The Morgan fingerprint density at radius 3 is 3.18 bits per heavy atom. The lowest BCUT2D eigenvalue weighted by molar-refractivity contribution is 0.112. The van der Waals surface area contributed by atoms with Gasteiger partial charge in [-0.15, -0.1) is 11.3 Å². The number of hydrogen-bond acceptors (Lipinski definition) is 4. The Bertz CT molecular complexity index is 363. The van der Waals surface area contributed by atoms with Crippen molar-refractivity contribution in [1.82, 2.24) is 9.97 Å². The summed E-state index contributed by atoms with van der Waals surface area (Å²) in [6.07, 6.45) is 4.10. The molecule has 0 saturated carbocycles. The van der Waals surface area contributed by atoms with Gasteiger partial charge in [-0.1, -0.05) is 0 Å². The van der Waals surface area contributed by atoms with Gasteiger partial charge in [0.25, 0.3) is 0 Å². The number of rotatable bonds is 1. The van der Waals surface area contributed by atoms with Crippen molar-refractivity contribution in [2.24, 2.45) is 0 Å². The van der Waals surface area contributed by atoms with Crippen LogP contribution in [0.2, 0.25) is 0 Å². The van der Waals surface area contributed by atoms with Crippen LogP contribution in [-0.2, 0) is 0 Å². The molecule has 0 fully saturated rings. The molecule has 0 atom stereocenters. The summed E-state index contributed by atoms with van der Waals surface area (Å²) in [5.74, 6) is 0. The fraction of sp³-hybridized carbons (Fsp3) is 0. The number of aromatic nitrogens is 2. The molecule has 11 heavy (non-hydrogen) atoms. The van der Waals surface area contributed by atoms with E-state index in [1.54, 1.807) is 12.4 Å². The molecular weight excluding hydrogens is 160 g/mol. The van der Waals surface area contributed by atoms with Crippen molar-refractivity contribution in [3.05, 3.63) is 23.5 Å². The van der Waals surface area contributed by atoms with E-state index in [0.717, 1.165) is 16.5 Å². The van der Waals surface area contributed by atoms with Crippen LogP contribution in [0.25, 0.3) is 10.2 Å². The van der Waals surface area contributed by atoms with E-state index < -0.39 is 0 Å². The van der Waals surface area contributed by atoms with Crippen molar-refractivity contribution in [3.63, 3.8) is 0 Å². The van der Waals surface area contributed by atoms with Crippen molar-refractivity contribution in [2.75, 3.05) is 0 Å². The van der Waals surface area contributed by atoms with Crippen LogP contribution in [0.15, 0.2) is 18.5 Å². The molecule has 0 saturated heterocycles. The molecule has 4 heteroatoms. The SMILES string of the molecule is O=Cc1nc2cnccc2s1. The van der Waals surface area contributed by atoms with Gasteiger partial charge < -0.3 is 0 Å². The highest BCUT2D eigenvalue weighted by molar-refractivity contribution is 7.19. The molecule has 0 aliphatic rings. The van der Waals surface area contributed by atoms with Gasteiger partial charge in [-0.25, -0.2) is 4.98 Å². The van der Waals surface area contributed by atoms with E-state index >= 15 is 0 Å². The molecule has 54 valence electrons. The third-order valence-corrected chi connectivity index (χ3v) is 2.27. The summed E-state index contributed by atoms with van der Waals surface area (Å²) in [4.78, 5) is 18.2. The van der Waals surface area contributed by atoms with Crippen molar-refractivity contribution >= 4 is 27.8 Å². The summed E-state index contributed by atoms with van der Waals surface area (Å²) >= 11 is 1.38. The smallest absolute Gasteiger partial charge is 0.178 e. The number of pyridine rings is 1. The highest BCUT2D eigenvalue weighted by Gasteiger charge is 1.99. The van der Waals surface area contributed by atoms with Crippen LogP contribution >= 0.6 is 11.3 Å². The number of carbonyl (C=O) groups excluding carboxylic acids is 1. The summed E-state index contributed by atoms with van der Waals surface area (Å²) in [7, 11) is 0. The Morgan fingerprint density at radius 1 is 1.55 bits per heavy atom. The zero-order chi connectivity index (χ0) is 7.68. The van der Waals surface area contributed by atoms with Crippen molar-refractivity contribution in [2.45, 2.75) is 0 Å². The number of hydrogen-bond donors (Lipinski definition) is 0. The monoisotopic (exact) mass is 164 g/mol. The zero-order valence-corrected chi connectivity index (χ0v) is 6.34. The number of nitrogens with zero attached hydrogens (tertiary/aromatic N) is 2. The van der Waals surface area contributed by atoms with Gasteiger partial charge in [0.05, 0.1) is 10.9 Å². The fourth-order valence-electron chi connectivity index (χ4n) is 0.848. The first kappa shape index (κ1) is 6.42. The minimum Gasteiger partial charge on any atom is -0.295 e. The number of carbonyl (C=O) groups is 1. The predicted molar refractivity (Wildman–Crippen MR) is 42.8 cm³/mol. The fourth-order valence-corrected chi connectivity index (χ4v) is 1.60. The summed E-state index contributed by atoms with van der Waals surface area (Å²) in [5.41, 5.74) is 0.791. The second-order valence-electron chi connectivity index (χ2n) is 2.01. The molecule has 0 bridgehead atoms. The Balaban J connectivity index is 2.78. The van der Waals surface area contributed by atoms with E-state index in [-0.39, 0.29) is 0 Å². The molecule has 0 aromatic carbocycles. The first-order valence-corrected chi connectivity index (χ1v) is 3.87. The lowest BCUT2D eigenvalue weighted by atomic mass is 10.5. The van der Waals surface area contributed by atoms with E-state index in [2.05, 4.69) is 9.97 Å². The summed E-state index contributed by atoms with van der Waals surface area (Å²) < 4.78 is 1.00. The zero-order valence-electron chi connectivity index (χ0n) is 5.52. The summed E-state index contributed by atoms with van der Waals surface area (Å²) in [6, 6.07) is 1.85. The van der Waals surface area contributed by atoms with Gasteiger partial charge in [0.15, 0.2) is 11.3 Å². The highest BCUT2D eigenvalue weighted by atomic mass is 32.1. The van der Waals surface area contributed by atoms with Crippen molar-refractivity contribution in [3.8, 4) is 0 Å². The minimum absolute atomic E-state index is 0.507. The lowest BCUT2D eigenvalue weighted by Gasteiger charge is -1.80. The van der Waals surface area contributed by atoms with Gasteiger partial charge in [0.1, 0.15) is 5.52 Å². The summed E-state index contributed by atoms with van der Waals surface area (Å²) in [6.45, 7) is 0. The Labute approximate surface area is 66.7 Å². The topological polar surface area (TPSA) is 42.9 Å². The number of thiazole rings is 1. The normalized spacial score (nSPS) is 10.2. The molecule has 0 radical (unpaired) electrons. The molecule has 2 heterocycles. The van der Waals surface area contributed by atoms with Crippen LogP contribution < -0.4 is 0 Å². The molecule has 0 unspecified atom stereocenters. The molecule has 0 aliphatic carbocycles. The minimum atomic E-state index is 0.507. The maximum absolute atomic E-state index is 10.3. The molecule has 2 aromatic rings. The van der Waals surface area contributed by atoms with Gasteiger partial charge in [-0.3, -0.25) is 9.78 Å². The molecule has 0 aliphatic heterocycles. The summed E-state index contributed by atoms with van der Waals surface area (Å²) in [5, 5.41) is 0.507. The van der Waals surface area contributed by atoms with Crippen molar-refractivity contribution < 1.29 is 4.79 Å². The van der Waals surface area contributed by atoms with Gasteiger partial charge in [-0.2, -0.15) is 0 Å². The Hall–Kier alpha value is -1.29. The predicted octanol–water partition coefficient (Wildman–Crippen LogP) is 1.50. The van der Waals surface area contributed by atoms with Crippen LogP contribution in [0.5, 0.6) is 0 Å². The standard InChI is InChI=1S/C7H4N2OS/c10-4-7-9-5-3-8-2-1-6(5)11-7/h1-4H. The molecule has 0 spiro atoms.